The third-order valence-corrected chi connectivity index (χ3v) is 4.94. The summed E-state index contributed by atoms with van der Waals surface area (Å²) in [5.41, 5.74) is 1.72. The van der Waals surface area contributed by atoms with Gasteiger partial charge in [0.2, 0.25) is 0 Å². The van der Waals surface area contributed by atoms with Crippen molar-refractivity contribution >= 4 is 17.4 Å². The second kappa shape index (κ2) is 8.54. The second-order valence-electron chi connectivity index (χ2n) is 6.73. The van der Waals surface area contributed by atoms with Crippen molar-refractivity contribution in [2.24, 2.45) is 0 Å². The smallest absolute Gasteiger partial charge is 0.277 e. The fourth-order valence-electron chi connectivity index (χ4n) is 3.42. The summed E-state index contributed by atoms with van der Waals surface area (Å²) in [6, 6.07) is 7.37. The van der Waals surface area contributed by atoms with Gasteiger partial charge in [0.1, 0.15) is 11.4 Å². The Balaban J connectivity index is 1.96. The van der Waals surface area contributed by atoms with Gasteiger partial charge in [0, 0.05) is 33.3 Å². The molecule has 0 radical (unpaired) electrons. The van der Waals surface area contributed by atoms with Gasteiger partial charge in [-0.1, -0.05) is 12.1 Å². The number of likely N-dealkylation sites (N-methyl/N-ethyl adjacent to an activating group) is 1. The van der Waals surface area contributed by atoms with Crippen LogP contribution in [0, 0.1) is 0 Å². The molecule has 1 aromatic carbocycles. The number of amides is 2. The quantitative estimate of drug-likeness (QED) is 0.666. The van der Waals surface area contributed by atoms with Crippen LogP contribution in [0.5, 0.6) is 5.75 Å². The number of nitrogens with zero attached hydrogens (tertiary/aromatic N) is 3. The number of benzene rings is 1. The lowest BCUT2D eigenvalue weighted by atomic mass is 10.0. The summed E-state index contributed by atoms with van der Waals surface area (Å²) in [6.45, 7) is 6.26. The molecule has 7 heteroatoms. The first-order valence-electron chi connectivity index (χ1n) is 9.33. The zero-order valence-electron chi connectivity index (χ0n) is 16.2. The Morgan fingerprint density at radius 1 is 1.00 bits per heavy atom. The van der Waals surface area contributed by atoms with Crippen LogP contribution in [-0.4, -0.2) is 86.6 Å². The van der Waals surface area contributed by atoms with Crippen molar-refractivity contribution < 1.29 is 19.1 Å². The molecular formula is C20H27N3O4. The normalized spacial score (nSPS) is 18.6. The number of hydrogen-bond donors (Lipinski definition) is 0. The monoisotopic (exact) mass is 373 g/mol. The van der Waals surface area contributed by atoms with Gasteiger partial charge in [-0.25, -0.2) is 0 Å². The molecule has 2 aliphatic heterocycles. The topological polar surface area (TPSA) is 62.3 Å². The lowest BCUT2D eigenvalue weighted by Gasteiger charge is -2.34. The molecule has 0 N–H and O–H groups in total. The highest BCUT2D eigenvalue weighted by molar-refractivity contribution is 6.35. The largest absolute Gasteiger partial charge is 0.494 e. The zero-order valence-corrected chi connectivity index (χ0v) is 16.2. The van der Waals surface area contributed by atoms with E-state index < -0.39 is 0 Å². The second-order valence-corrected chi connectivity index (χ2v) is 6.73. The highest BCUT2D eigenvalue weighted by atomic mass is 16.5. The van der Waals surface area contributed by atoms with Gasteiger partial charge >= 0.3 is 0 Å². The molecule has 3 rings (SSSR count). The van der Waals surface area contributed by atoms with Gasteiger partial charge in [-0.3, -0.25) is 14.5 Å². The Bertz CT molecular complexity index is 721. The number of imide groups is 1. The summed E-state index contributed by atoms with van der Waals surface area (Å²) < 4.78 is 10.6. The van der Waals surface area contributed by atoms with Crippen molar-refractivity contribution in [1.82, 2.24) is 14.7 Å². The van der Waals surface area contributed by atoms with Crippen LogP contribution in [0.2, 0.25) is 0 Å². The minimum Gasteiger partial charge on any atom is -0.494 e. The van der Waals surface area contributed by atoms with Crippen molar-refractivity contribution in [3.05, 3.63) is 35.5 Å². The maximum atomic E-state index is 13.1. The average molecular weight is 373 g/mol. The van der Waals surface area contributed by atoms with Gasteiger partial charge in [-0.15, -0.1) is 0 Å². The molecule has 0 aromatic heterocycles. The van der Waals surface area contributed by atoms with Crippen molar-refractivity contribution in [3.63, 3.8) is 0 Å². The number of hydrogen-bond acceptors (Lipinski definition) is 6. The third kappa shape index (κ3) is 3.99. The van der Waals surface area contributed by atoms with Crippen LogP contribution in [0.1, 0.15) is 12.5 Å². The number of piperazine rings is 1. The average Bonchev–Trinajstić information content (AvgIpc) is 2.92. The molecule has 0 atom stereocenters. The predicted octanol–water partition coefficient (Wildman–Crippen LogP) is 1.06. The van der Waals surface area contributed by atoms with E-state index >= 15 is 0 Å². The molecule has 2 aliphatic rings. The molecule has 2 amide bonds. The van der Waals surface area contributed by atoms with E-state index in [1.807, 2.05) is 36.1 Å². The molecule has 0 aliphatic carbocycles. The maximum absolute atomic E-state index is 13.1. The first-order chi connectivity index (χ1) is 13.1. The zero-order chi connectivity index (χ0) is 19.4. The molecule has 1 fully saturated rings. The Labute approximate surface area is 160 Å². The minimum atomic E-state index is -0.255. The van der Waals surface area contributed by atoms with Crippen LogP contribution in [0.15, 0.2) is 30.0 Å². The highest BCUT2D eigenvalue weighted by Crippen LogP contribution is 2.32. The Morgan fingerprint density at radius 3 is 2.26 bits per heavy atom. The van der Waals surface area contributed by atoms with Gasteiger partial charge in [0.25, 0.3) is 11.8 Å². The van der Waals surface area contributed by atoms with Gasteiger partial charge in [-0.2, -0.15) is 0 Å². The van der Waals surface area contributed by atoms with E-state index in [1.54, 1.807) is 7.11 Å². The molecule has 0 unspecified atom stereocenters. The van der Waals surface area contributed by atoms with Crippen LogP contribution < -0.4 is 4.74 Å². The van der Waals surface area contributed by atoms with E-state index in [4.69, 9.17) is 9.47 Å². The SMILES string of the molecule is CCOc1ccc(C2=C(N3CCN(C)CC3)C(=O)N(CCOC)C2=O)cc1. The van der Waals surface area contributed by atoms with E-state index in [0.29, 0.717) is 24.5 Å². The molecule has 27 heavy (non-hydrogen) atoms. The van der Waals surface area contributed by atoms with Crippen molar-refractivity contribution in [1.29, 1.82) is 0 Å². The van der Waals surface area contributed by atoms with Crippen LogP contribution >= 0.6 is 0 Å². The van der Waals surface area contributed by atoms with Crippen LogP contribution in [0.3, 0.4) is 0 Å². The fourth-order valence-corrected chi connectivity index (χ4v) is 3.42. The van der Waals surface area contributed by atoms with E-state index in [9.17, 15) is 9.59 Å². The summed E-state index contributed by atoms with van der Waals surface area (Å²) in [7, 11) is 3.62. The predicted molar refractivity (Wildman–Crippen MR) is 102 cm³/mol. The lowest BCUT2D eigenvalue weighted by molar-refractivity contribution is -0.138. The molecule has 1 aromatic rings. The Morgan fingerprint density at radius 2 is 1.67 bits per heavy atom. The van der Waals surface area contributed by atoms with Crippen molar-refractivity contribution in [2.45, 2.75) is 6.92 Å². The summed E-state index contributed by atoms with van der Waals surface area (Å²) in [5.74, 6) is 0.261. The molecule has 7 nitrogen and oxygen atoms in total. The van der Waals surface area contributed by atoms with E-state index in [1.165, 1.54) is 4.90 Å². The number of carbonyl (C=O) groups excluding carboxylic acids is 2. The van der Waals surface area contributed by atoms with Gasteiger partial charge in [-0.05, 0) is 31.7 Å². The molecule has 146 valence electrons. The summed E-state index contributed by atoms with van der Waals surface area (Å²) in [4.78, 5) is 31.7. The minimum absolute atomic E-state index is 0.231. The Hall–Kier alpha value is -2.38. The summed E-state index contributed by atoms with van der Waals surface area (Å²) >= 11 is 0. The third-order valence-electron chi connectivity index (χ3n) is 4.94. The van der Waals surface area contributed by atoms with Gasteiger partial charge in [0.05, 0.1) is 25.3 Å². The van der Waals surface area contributed by atoms with E-state index in [2.05, 4.69) is 11.9 Å². The van der Waals surface area contributed by atoms with E-state index in [0.717, 1.165) is 37.5 Å². The molecule has 2 heterocycles. The summed E-state index contributed by atoms with van der Waals surface area (Å²) in [6.07, 6.45) is 0. The standard InChI is InChI=1S/C20H27N3O4/c1-4-27-16-7-5-15(6-8-16)17-18(22-11-9-21(2)10-12-22)20(25)23(19(17)24)13-14-26-3/h5-8H,4,9-14H2,1-3H3. The van der Waals surface area contributed by atoms with Crippen molar-refractivity contribution in [3.8, 4) is 5.75 Å². The number of methoxy groups -OCH3 is 1. The first-order valence-corrected chi connectivity index (χ1v) is 9.33. The fraction of sp³-hybridized carbons (Fsp3) is 0.500. The molecule has 0 spiro atoms. The summed E-state index contributed by atoms with van der Waals surface area (Å²) in [5, 5.41) is 0. The first kappa shape index (κ1) is 19.4. The number of ether oxygens (including phenoxy) is 2. The highest BCUT2D eigenvalue weighted by Gasteiger charge is 2.41. The maximum Gasteiger partial charge on any atom is 0.277 e. The number of carbonyl (C=O) groups is 2. The Kier molecular flexibility index (Phi) is 6.13. The van der Waals surface area contributed by atoms with E-state index in [-0.39, 0.29) is 18.4 Å². The van der Waals surface area contributed by atoms with Crippen LogP contribution in [0.4, 0.5) is 0 Å². The molecule has 0 bridgehead atoms. The molecule has 1 saturated heterocycles. The number of rotatable bonds is 7. The molecule has 0 saturated carbocycles. The van der Waals surface area contributed by atoms with Gasteiger partial charge < -0.3 is 19.3 Å². The molecular weight excluding hydrogens is 346 g/mol. The lowest BCUT2D eigenvalue weighted by Crippen LogP contribution is -2.46. The van der Waals surface area contributed by atoms with Crippen molar-refractivity contribution in [2.75, 3.05) is 60.1 Å². The van der Waals surface area contributed by atoms with Gasteiger partial charge in [0.15, 0.2) is 0 Å². The van der Waals surface area contributed by atoms with Crippen LogP contribution in [-0.2, 0) is 14.3 Å². The van der Waals surface area contributed by atoms with Crippen LogP contribution in [0.25, 0.3) is 5.57 Å².